The average molecular weight is 468 g/mol. The van der Waals surface area contributed by atoms with Crippen LogP contribution in [0.4, 0.5) is 16.1 Å². The lowest BCUT2D eigenvalue weighted by molar-refractivity contribution is 0.102. The lowest BCUT2D eigenvalue weighted by Gasteiger charge is -2.27. The Balaban J connectivity index is 1.40. The number of nitrogens with zero attached hydrogens (tertiary/aromatic N) is 4. The van der Waals surface area contributed by atoms with Crippen molar-refractivity contribution >= 4 is 17.6 Å². The molecule has 2 aromatic carbocycles. The summed E-state index contributed by atoms with van der Waals surface area (Å²) in [6, 6.07) is 11.1. The summed E-state index contributed by atoms with van der Waals surface area (Å²) in [5.41, 5.74) is 1.46. The average Bonchev–Trinajstić information content (AvgIpc) is 3.35. The lowest BCUT2D eigenvalue weighted by atomic mass is 10.1. The predicted molar refractivity (Wildman–Crippen MR) is 128 cm³/mol. The van der Waals surface area contributed by atoms with Crippen LogP contribution < -0.4 is 10.2 Å². The molecule has 2 heterocycles. The number of hydrogen-bond donors (Lipinski definition) is 2. The zero-order valence-electron chi connectivity index (χ0n) is 19.3. The van der Waals surface area contributed by atoms with E-state index in [9.17, 15) is 14.3 Å². The van der Waals surface area contributed by atoms with Gasteiger partial charge in [-0.15, -0.1) is 5.10 Å². The number of halogens is 1. The van der Waals surface area contributed by atoms with Gasteiger partial charge in [0, 0.05) is 24.8 Å². The highest BCUT2D eigenvalue weighted by Gasteiger charge is 2.17. The number of benzene rings is 2. The van der Waals surface area contributed by atoms with Crippen molar-refractivity contribution in [1.82, 2.24) is 15.1 Å². The molecule has 0 spiro atoms. The second-order valence-electron chi connectivity index (χ2n) is 8.53. The largest absolute Gasteiger partial charge is 0.403 e. The summed E-state index contributed by atoms with van der Waals surface area (Å²) < 4.78 is 19.7. The first-order valence-corrected chi connectivity index (χ1v) is 11.6. The second-order valence-corrected chi connectivity index (χ2v) is 8.53. The Bertz CT molecular complexity index is 1110. The van der Waals surface area contributed by atoms with E-state index in [1.54, 1.807) is 24.3 Å². The highest BCUT2D eigenvalue weighted by Crippen LogP contribution is 2.28. The molecule has 0 bridgehead atoms. The first-order valence-electron chi connectivity index (χ1n) is 11.6. The van der Waals surface area contributed by atoms with Gasteiger partial charge in [-0.1, -0.05) is 23.7 Å². The van der Waals surface area contributed by atoms with Gasteiger partial charge < -0.3 is 24.6 Å². The van der Waals surface area contributed by atoms with Crippen LogP contribution in [0.2, 0.25) is 0 Å². The van der Waals surface area contributed by atoms with Crippen molar-refractivity contribution < 1.29 is 18.7 Å². The van der Waals surface area contributed by atoms with Crippen molar-refractivity contribution in [3.63, 3.8) is 0 Å². The number of aliphatic hydroxyl groups excluding tert-OH is 1. The van der Waals surface area contributed by atoms with Crippen molar-refractivity contribution in [1.29, 1.82) is 0 Å². The number of rotatable bonds is 9. The van der Waals surface area contributed by atoms with Crippen molar-refractivity contribution in [2.45, 2.75) is 32.3 Å². The lowest BCUT2D eigenvalue weighted by Crippen LogP contribution is -2.32. The molecule has 1 saturated heterocycles. The third-order valence-electron chi connectivity index (χ3n) is 6.04. The first kappa shape index (κ1) is 23.8. The van der Waals surface area contributed by atoms with E-state index >= 15 is 0 Å². The molecule has 0 aliphatic carbocycles. The topological polar surface area (TPSA) is 94.7 Å². The Morgan fingerprint density at radius 2 is 1.97 bits per heavy atom. The quantitative estimate of drug-likeness (QED) is 0.492. The van der Waals surface area contributed by atoms with Gasteiger partial charge in [0.05, 0.1) is 12.2 Å². The van der Waals surface area contributed by atoms with Gasteiger partial charge in [0.2, 0.25) is 5.89 Å². The van der Waals surface area contributed by atoms with Crippen molar-refractivity contribution in [3.05, 3.63) is 59.4 Å². The smallest absolute Gasteiger partial charge is 0.318 e. The fraction of sp³-hybridized carbons (Fsp3) is 0.400. The van der Waals surface area contributed by atoms with E-state index in [1.807, 2.05) is 11.9 Å². The van der Waals surface area contributed by atoms with Gasteiger partial charge in [-0.25, -0.2) is 4.39 Å². The number of piperidine rings is 1. The minimum atomic E-state index is -0.600. The molecule has 3 aromatic rings. The third kappa shape index (κ3) is 5.78. The van der Waals surface area contributed by atoms with Gasteiger partial charge in [-0.3, -0.25) is 4.79 Å². The van der Waals surface area contributed by atoms with Crippen LogP contribution in [-0.4, -0.2) is 59.3 Å². The molecular weight excluding hydrogens is 437 g/mol. The maximum atomic E-state index is 13.9. The van der Waals surface area contributed by atoms with Crippen LogP contribution in [0.3, 0.4) is 0 Å². The Morgan fingerprint density at radius 1 is 1.18 bits per heavy atom. The standard InChI is InChI=1S/C25H30FN5O3/c1-30(12-7-15-31-13-5-2-6-14-31)25-29-28-24(34-25)20-11-10-19(16-18(20)17-32)27-23(33)21-8-3-4-9-22(21)26/h3-4,8-11,16,32H,2,5-7,12-15,17H2,1H3,(H,27,33). The summed E-state index contributed by atoms with van der Waals surface area (Å²) in [6.45, 7) is 3.92. The van der Waals surface area contributed by atoms with Crippen LogP contribution in [0.1, 0.15) is 41.6 Å². The van der Waals surface area contributed by atoms with Gasteiger partial charge in [0.25, 0.3) is 5.91 Å². The number of aromatic nitrogens is 2. The number of hydrogen-bond acceptors (Lipinski definition) is 7. The zero-order valence-corrected chi connectivity index (χ0v) is 19.3. The van der Waals surface area contributed by atoms with E-state index in [4.69, 9.17) is 4.42 Å². The molecule has 0 atom stereocenters. The van der Waals surface area contributed by atoms with Crippen LogP contribution in [0.25, 0.3) is 11.5 Å². The van der Waals surface area contributed by atoms with Crippen molar-refractivity contribution in [2.75, 3.05) is 43.4 Å². The first-order chi connectivity index (χ1) is 16.5. The minimum Gasteiger partial charge on any atom is -0.403 e. The monoisotopic (exact) mass is 467 g/mol. The second kappa shape index (κ2) is 11.2. The van der Waals surface area contributed by atoms with E-state index in [0.717, 1.165) is 19.5 Å². The van der Waals surface area contributed by atoms with Crippen LogP contribution in [0.15, 0.2) is 46.9 Å². The van der Waals surface area contributed by atoms with E-state index in [-0.39, 0.29) is 18.1 Å². The number of nitrogens with one attached hydrogen (secondary N) is 1. The SMILES string of the molecule is CN(CCCN1CCCCC1)c1nnc(-c2ccc(NC(=O)c3ccccc3F)cc2CO)o1. The summed E-state index contributed by atoms with van der Waals surface area (Å²) in [5, 5.41) is 20.8. The molecule has 0 saturated carbocycles. The molecule has 1 amide bonds. The Labute approximate surface area is 198 Å². The Hall–Kier alpha value is -3.30. The zero-order chi connectivity index (χ0) is 23.9. The summed E-state index contributed by atoms with van der Waals surface area (Å²) in [7, 11) is 1.92. The van der Waals surface area contributed by atoms with Gasteiger partial charge >= 0.3 is 6.01 Å². The summed E-state index contributed by atoms with van der Waals surface area (Å²) in [4.78, 5) is 16.8. The van der Waals surface area contributed by atoms with E-state index in [0.29, 0.717) is 22.8 Å². The molecule has 1 aliphatic rings. The van der Waals surface area contributed by atoms with E-state index in [2.05, 4.69) is 20.4 Å². The predicted octanol–water partition coefficient (Wildman–Crippen LogP) is 3.93. The molecular formula is C25H30FN5O3. The van der Waals surface area contributed by atoms with Crippen LogP contribution in [0.5, 0.6) is 0 Å². The van der Waals surface area contributed by atoms with Gasteiger partial charge in [0.15, 0.2) is 0 Å². The Morgan fingerprint density at radius 3 is 2.74 bits per heavy atom. The molecule has 9 heteroatoms. The van der Waals surface area contributed by atoms with Crippen LogP contribution >= 0.6 is 0 Å². The van der Waals surface area contributed by atoms with Gasteiger partial charge in [-0.05, 0) is 74.8 Å². The molecule has 1 aromatic heterocycles. The molecule has 34 heavy (non-hydrogen) atoms. The molecule has 180 valence electrons. The fourth-order valence-corrected chi connectivity index (χ4v) is 4.14. The number of carbonyl (C=O) groups excluding carboxylic acids is 1. The molecule has 2 N–H and O–H groups in total. The number of anilines is 2. The summed E-state index contributed by atoms with van der Waals surface area (Å²) in [6.07, 6.45) is 4.89. The molecule has 0 radical (unpaired) electrons. The molecule has 4 rings (SSSR count). The van der Waals surface area contributed by atoms with Crippen molar-refractivity contribution in [3.8, 4) is 11.5 Å². The summed E-state index contributed by atoms with van der Waals surface area (Å²) >= 11 is 0. The Kier molecular flexibility index (Phi) is 7.87. The molecule has 1 aliphatic heterocycles. The highest BCUT2D eigenvalue weighted by molar-refractivity contribution is 6.04. The van der Waals surface area contributed by atoms with Crippen LogP contribution in [-0.2, 0) is 6.61 Å². The summed E-state index contributed by atoms with van der Waals surface area (Å²) in [5.74, 6) is -0.882. The number of aliphatic hydroxyl groups is 1. The number of amides is 1. The highest BCUT2D eigenvalue weighted by atomic mass is 19.1. The van der Waals surface area contributed by atoms with E-state index in [1.165, 1.54) is 50.6 Å². The van der Waals surface area contributed by atoms with Crippen molar-refractivity contribution in [2.24, 2.45) is 0 Å². The van der Waals surface area contributed by atoms with Gasteiger partial charge in [-0.2, -0.15) is 0 Å². The maximum absolute atomic E-state index is 13.9. The maximum Gasteiger partial charge on any atom is 0.318 e. The van der Waals surface area contributed by atoms with Crippen LogP contribution in [0, 0.1) is 5.82 Å². The fourth-order valence-electron chi connectivity index (χ4n) is 4.14. The number of carbonyl (C=O) groups is 1. The third-order valence-corrected chi connectivity index (χ3v) is 6.04. The molecule has 1 fully saturated rings. The van der Waals surface area contributed by atoms with E-state index < -0.39 is 11.7 Å². The number of likely N-dealkylation sites (tertiary alicyclic amines) is 1. The normalized spacial score (nSPS) is 14.2. The molecule has 0 unspecified atom stereocenters. The minimum absolute atomic E-state index is 0.0537. The van der Waals surface area contributed by atoms with Gasteiger partial charge in [0.1, 0.15) is 5.82 Å². The molecule has 8 nitrogen and oxygen atoms in total.